The Hall–Kier alpha value is -0.0800. The lowest BCUT2D eigenvalue weighted by Gasteiger charge is -2.29. The van der Waals surface area contributed by atoms with Crippen molar-refractivity contribution in [1.82, 2.24) is 5.32 Å². The molecule has 0 radical (unpaired) electrons. The lowest BCUT2D eigenvalue weighted by Crippen LogP contribution is -2.36. The van der Waals surface area contributed by atoms with Crippen molar-refractivity contribution in [3.63, 3.8) is 0 Å². The summed E-state index contributed by atoms with van der Waals surface area (Å²) in [7, 11) is 1.77. The van der Waals surface area contributed by atoms with Crippen LogP contribution in [-0.2, 0) is 4.74 Å². The van der Waals surface area contributed by atoms with Gasteiger partial charge in [-0.05, 0) is 37.5 Å². The molecule has 14 heavy (non-hydrogen) atoms. The van der Waals surface area contributed by atoms with Gasteiger partial charge in [0.05, 0.1) is 6.61 Å². The molecule has 0 aliphatic heterocycles. The number of ether oxygens (including phenoxy) is 1. The van der Waals surface area contributed by atoms with Crippen LogP contribution in [0.2, 0.25) is 0 Å². The lowest BCUT2D eigenvalue weighted by molar-refractivity contribution is 0.185. The summed E-state index contributed by atoms with van der Waals surface area (Å²) < 4.78 is 5.06. The van der Waals surface area contributed by atoms with E-state index in [9.17, 15) is 0 Å². The molecule has 2 rings (SSSR count). The number of hydrogen-bond donors (Lipinski definition) is 1. The summed E-state index contributed by atoms with van der Waals surface area (Å²) in [6.45, 7) is 1.88. The molecule has 0 heterocycles. The third-order valence-corrected chi connectivity index (χ3v) is 3.74. The van der Waals surface area contributed by atoms with E-state index in [1.54, 1.807) is 7.11 Å². The van der Waals surface area contributed by atoms with Crippen LogP contribution in [-0.4, -0.2) is 26.3 Å². The third kappa shape index (κ3) is 2.96. The van der Waals surface area contributed by atoms with Gasteiger partial charge in [0.25, 0.3) is 0 Å². The molecule has 0 aromatic heterocycles. The number of methoxy groups -OCH3 is 1. The Morgan fingerprint density at radius 3 is 2.71 bits per heavy atom. The molecule has 0 aromatic carbocycles. The van der Waals surface area contributed by atoms with Gasteiger partial charge in [0.15, 0.2) is 0 Å². The van der Waals surface area contributed by atoms with Crippen LogP contribution in [0.5, 0.6) is 0 Å². The molecule has 0 spiro atoms. The topological polar surface area (TPSA) is 21.3 Å². The van der Waals surface area contributed by atoms with E-state index in [1.165, 1.54) is 38.5 Å². The Balaban J connectivity index is 1.65. The minimum Gasteiger partial charge on any atom is -0.383 e. The van der Waals surface area contributed by atoms with Crippen molar-refractivity contribution in [2.45, 2.75) is 44.6 Å². The van der Waals surface area contributed by atoms with Crippen molar-refractivity contribution in [2.24, 2.45) is 11.8 Å². The van der Waals surface area contributed by atoms with Crippen molar-refractivity contribution in [1.29, 1.82) is 0 Å². The number of nitrogens with one attached hydrogen (secondary N) is 1. The van der Waals surface area contributed by atoms with Crippen molar-refractivity contribution < 1.29 is 4.74 Å². The molecule has 0 amide bonds. The number of rotatable bonds is 5. The molecule has 2 nitrogen and oxygen atoms in total. The zero-order chi connectivity index (χ0) is 9.80. The minimum absolute atomic E-state index is 0.782. The predicted octanol–water partition coefficient (Wildman–Crippen LogP) is 2.19. The molecule has 2 unspecified atom stereocenters. The fourth-order valence-corrected chi connectivity index (χ4v) is 2.77. The van der Waals surface area contributed by atoms with Crippen LogP contribution in [0.15, 0.2) is 0 Å². The van der Waals surface area contributed by atoms with Crippen molar-refractivity contribution >= 4 is 0 Å². The van der Waals surface area contributed by atoms with Gasteiger partial charge in [0.1, 0.15) is 0 Å². The molecule has 0 saturated heterocycles. The first-order valence-electron chi connectivity index (χ1n) is 6.12. The summed E-state index contributed by atoms with van der Waals surface area (Å²) >= 11 is 0. The molecular weight excluding hydrogens is 174 g/mol. The van der Waals surface area contributed by atoms with Gasteiger partial charge < -0.3 is 10.1 Å². The Morgan fingerprint density at radius 2 is 2.00 bits per heavy atom. The van der Waals surface area contributed by atoms with E-state index in [1.807, 2.05) is 0 Å². The normalized spacial score (nSPS) is 33.2. The second kappa shape index (κ2) is 5.13. The molecule has 2 saturated carbocycles. The summed E-state index contributed by atoms with van der Waals surface area (Å²) in [6.07, 6.45) is 8.76. The molecule has 2 atom stereocenters. The summed E-state index contributed by atoms with van der Waals surface area (Å²) in [5, 5.41) is 3.61. The largest absolute Gasteiger partial charge is 0.383 e. The van der Waals surface area contributed by atoms with Crippen LogP contribution in [0.3, 0.4) is 0 Å². The standard InChI is InChI=1S/C12H23NO/c1-14-8-7-13-12-4-2-3-11(9-12)10-5-6-10/h10-13H,2-9H2,1H3. The van der Waals surface area contributed by atoms with Crippen LogP contribution in [0.4, 0.5) is 0 Å². The van der Waals surface area contributed by atoms with Gasteiger partial charge in [0.2, 0.25) is 0 Å². The Morgan fingerprint density at radius 1 is 1.14 bits per heavy atom. The van der Waals surface area contributed by atoms with E-state index in [2.05, 4.69) is 5.32 Å². The second-order valence-electron chi connectivity index (χ2n) is 4.91. The van der Waals surface area contributed by atoms with Gasteiger partial charge in [-0.2, -0.15) is 0 Å². The van der Waals surface area contributed by atoms with E-state index in [-0.39, 0.29) is 0 Å². The van der Waals surface area contributed by atoms with Gasteiger partial charge in [-0.1, -0.05) is 12.8 Å². The maximum atomic E-state index is 5.06. The summed E-state index contributed by atoms with van der Waals surface area (Å²) in [6, 6.07) is 0.782. The quantitative estimate of drug-likeness (QED) is 0.682. The molecule has 2 fully saturated rings. The average Bonchev–Trinajstić information content (AvgIpc) is 3.02. The van der Waals surface area contributed by atoms with Gasteiger partial charge in [-0.15, -0.1) is 0 Å². The molecule has 2 aliphatic carbocycles. The second-order valence-corrected chi connectivity index (χ2v) is 4.91. The third-order valence-electron chi connectivity index (χ3n) is 3.74. The van der Waals surface area contributed by atoms with Gasteiger partial charge in [-0.3, -0.25) is 0 Å². The predicted molar refractivity (Wildman–Crippen MR) is 58.3 cm³/mol. The molecule has 2 heteroatoms. The highest BCUT2D eigenvalue weighted by Crippen LogP contribution is 2.43. The summed E-state index contributed by atoms with van der Waals surface area (Å²) in [5.41, 5.74) is 0. The first-order chi connectivity index (χ1) is 6.90. The molecule has 1 N–H and O–H groups in total. The van der Waals surface area contributed by atoms with Crippen LogP contribution in [0.1, 0.15) is 38.5 Å². The fourth-order valence-electron chi connectivity index (χ4n) is 2.77. The van der Waals surface area contributed by atoms with E-state index < -0.39 is 0 Å². The molecule has 2 aliphatic rings. The maximum absolute atomic E-state index is 5.06. The van der Waals surface area contributed by atoms with Crippen LogP contribution < -0.4 is 5.32 Å². The first kappa shape index (κ1) is 10.4. The van der Waals surface area contributed by atoms with Gasteiger partial charge in [-0.25, -0.2) is 0 Å². The smallest absolute Gasteiger partial charge is 0.0587 e. The van der Waals surface area contributed by atoms with E-state index in [0.29, 0.717) is 0 Å². The van der Waals surface area contributed by atoms with Crippen LogP contribution in [0, 0.1) is 11.8 Å². The fraction of sp³-hybridized carbons (Fsp3) is 1.00. The van der Waals surface area contributed by atoms with E-state index >= 15 is 0 Å². The zero-order valence-electron chi connectivity index (χ0n) is 9.30. The van der Waals surface area contributed by atoms with Crippen molar-refractivity contribution in [3.8, 4) is 0 Å². The van der Waals surface area contributed by atoms with Gasteiger partial charge in [0, 0.05) is 19.7 Å². The minimum atomic E-state index is 0.782. The molecular formula is C12H23NO. The van der Waals surface area contributed by atoms with Crippen molar-refractivity contribution in [2.75, 3.05) is 20.3 Å². The van der Waals surface area contributed by atoms with Crippen molar-refractivity contribution in [3.05, 3.63) is 0 Å². The summed E-state index contributed by atoms with van der Waals surface area (Å²) in [5.74, 6) is 2.14. The SMILES string of the molecule is COCCNC1CCCC(C2CC2)C1. The lowest BCUT2D eigenvalue weighted by atomic mass is 9.83. The highest BCUT2D eigenvalue weighted by molar-refractivity contribution is 4.87. The molecule has 0 aromatic rings. The highest BCUT2D eigenvalue weighted by atomic mass is 16.5. The zero-order valence-corrected chi connectivity index (χ0v) is 9.30. The van der Waals surface area contributed by atoms with Gasteiger partial charge >= 0.3 is 0 Å². The monoisotopic (exact) mass is 197 g/mol. The van der Waals surface area contributed by atoms with Crippen LogP contribution >= 0.6 is 0 Å². The Kier molecular flexibility index (Phi) is 3.82. The molecule has 0 bridgehead atoms. The Bertz CT molecular complexity index is 168. The van der Waals surface area contributed by atoms with Crippen LogP contribution in [0.25, 0.3) is 0 Å². The Labute approximate surface area is 87.4 Å². The number of hydrogen-bond acceptors (Lipinski definition) is 2. The highest BCUT2D eigenvalue weighted by Gasteiger charge is 2.34. The first-order valence-corrected chi connectivity index (χ1v) is 6.12. The molecule has 82 valence electrons. The summed E-state index contributed by atoms with van der Waals surface area (Å²) in [4.78, 5) is 0. The van der Waals surface area contributed by atoms with E-state index in [4.69, 9.17) is 4.74 Å². The maximum Gasteiger partial charge on any atom is 0.0587 e. The van der Waals surface area contributed by atoms with E-state index in [0.717, 1.165) is 31.0 Å². The average molecular weight is 197 g/mol.